The van der Waals surface area contributed by atoms with Crippen molar-refractivity contribution >= 4 is 0 Å². The average molecular weight is 243 g/mol. The molecule has 0 saturated heterocycles. The quantitative estimate of drug-likeness (QED) is 0.835. The second kappa shape index (κ2) is 3.95. The maximum atomic E-state index is 10.1. The highest BCUT2D eigenvalue weighted by atomic mass is 16.4. The first-order chi connectivity index (χ1) is 8.55. The van der Waals surface area contributed by atoms with Gasteiger partial charge in [-0.3, -0.25) is 0 Å². The molecule has 3 rings (SSSR count). The van der Waals surface area contributed by atoms with Crippen LogP contribution in [0, 0.1) is 5.41 Å². The van der Waals surface area contributed by atoms with Crippen molar-refractivity contribution in [2.45, 2.75) is 32.8 Å². The molecule has 0 radical (unpaired) electrons. The van der Waals surface area contributed by atoms with Crippen LogP contribution in [0.15, 0.2) is 34.7 Å². The zero-order valence-corrected chi connectivity index (χ0v) is 10.7. The Hall–Kier alpha value is -1.61. The van der Waals surface area contributed by atoms with Crippen LogP contribution >= 0.6 is 0 Å². The van der Waals surface area contributed by atoms with E-state index in [0.29, 0.717) is 11.6 Å². The van der Waals surface area contributed by atoms with E-state index in [2.05, 4.69) is 18.8 Å². The minimum atomic E-state index is -0.509. The summed E-state index contributed by atoms with van der Waals surface area (Å²) in [5.41, 5.74) is 1.74. The van der Waals surface area contributed by atoms with E-state index in [4.69, 9.17) is 4.42 Å². The molecule has 0 unspecified atom stereocenters. The number of hydrogen-bond donors (Lipinski definition) is 1. The summed E-state index contributed by atoms with van der Waals surface area (Å²) in [6.07, 6.45) is 1.06. The monoisotopic (exact) mass is 243 g/mol. The van der Waals surface area contributed by atoms with Crippen LogP contribution in [0.4, 0.5) is 0 Å². The summed E-state index contributed by atoms with van der Waals surface area (Å²) in [5, 5.41) is 10.1. The lowest BCUT2D eigenvalue weighted by atomic mass is 9.77. The van der Waals surface area contributed by atoms with Gasteiger partial charge < -0.3 is 9.52 Å². The van der Waals surface area contributed by atoms with Crippen LogP contribution in [0.25, 0.3) is 11.5 Å². The third-order valence-electron chi connectivity index (χ3n) is 3.45. The molecule has 0 amide bonds. The molecule has 3 heteroatoms. The van der Waals surface area contributed by atoms with Crippen molar-refractivity contribution in [2.75, 3.05) is 0 Å². The number of aliphatic hydroxyl groups is 1. The standard InChI is InChI=1S/C15H17NO2/c1-15(2)8-11(17)13-12(9-15)18-14(16-13)10-6-4-3-5-7-10/h3-7,11,17H,8-9H2,1-2H3/t11-/m1/s1. The SMILES string of the molecule is CC1(C)Cc2oc(-c3ccccc3)nc2[C@H](O)C1. The molecule has 18 heavy (non-hydrogen) atoms. The minimum Gasteiger partial charge on any atom is -0.441 e. The molecule has 0 saturated carbocycles. The Balaban J connectivity index is 2.03. The molecule has 0 fully saturated rings. The molecule has 1 N–H and O–H groups in total. The third kappa shape index (κ3) is 1.95. The van der Waals surface area contributed by atoms with E-state index in [1.165, 1.54) is 0 Å². The third-order valence-corrected chi connectivity index (χ3v) is 3.45. The summed E-state index contributed by atoms with van der Waals surface area (Å²) >= 11 is 0. The molecule has 0 spiro atoms. The van der Waals surface area contributed by atoms with Crippen LogP contribution in [0.2, 0.25) is 0 Å². The van der Waals surface area contributed by atoms with Crippen molar-refractivity contribution in [1.82, 2.24) is 4.98 Å². The van der Waals surface area contributed by atoms with Gasteiger partial charge in [-0.2, -0.15) is 0 Å². The van der Waals surface area contributed by atoms with Gasteiger partial charge in [-0.1, -0.05) is 32.0 Å². The van der Waals surface area contributed by atoms with Gasteiger partial charge in [0.2, 0.25) is 5.89 Å². The summed E-state index contributed by atoms with van der Waals surface area (Å²) < 4.78 is 5.83. The molecular formula is C15H17NO2. The van der Waals surface area contributed by atoms with Gasteiger partial charge in [0.05, 0.1) is 0 Å². The summed E-state index contributed by atoms with van der Waals surface area (Å²) in [7, 11) is 0. The van der Waals surface area contributed by atoms with Crippen molar-refractivity contribution in [3.63, 3.8) is 0 Å². The molecule has 1 atom stereocenters. The molecule has 1 aliphatic carbocycles. The Morgan fingerprint density at radius 1 is 1.28 bits per heavy atom. The van der Waals surface area contributed by atoms with Gasteiger partial charge in [0.15, 0.2) is 0 Å². The van der Waals surface area contributed by atoms with Crippen LogP contribution in [-0.2, 0) is 6.42 Å². The first-order valence-corrected chi connectivity index (χ1v) is 6.28. The van der Waals surface area contributed by atoms with Gasteiger partial charge in [-0.25, -0.2) is 4.98 Å². The van der Waals surface area contributed by atoms with Crippen molar-refractivity contribution in [1.29, 1.82) is 0 Å². The Morgan fingerprint density at radius 3 is 2.72 bits per heavy atom. The van der Waals surface area contributed by atoms with Crippen LogP contribution in [-0.4, -0.2) is 10.1 Å². The molecule has 1 heterocycles. The fourth-order valence-electron chi connectivity index (χ4n) is 2.58. The Bertz CT molecular complexity index is 557. The summed E-state index contributed by atoms with van der Waals surface area (Å²) in [5.74, 6) is 1.44. The molecule has 2 aromatic rings. The predicted octanol–water partition coefficient (Wildman–Crippen LogP) is 3.35. The van der Waals surface area contributed by atoms with Gasteiger partial charge in [-0.05, 0) is 24.0 Å². The van der Waals surface area contributed by atoms with Crippen LogP contribution < -0.4 is 0 Å². The molecular weight excluding hydrogens is 226 g/mol. The van der Waals surface area contributed by atoms with Gasteiger partial charge in [0.1, 0.15) is 17.6 Å². The number of aromatic nitrogens is 1. The number of nitrogens with zero attached hydrogens (tertiary/aromatic N) is 1. The molecule has 1 aromatic heterocycles. The number of hydrogen-bond acceptors (Lipinski definition) is 3. The van der Waals surface area contributed by atoms with Gasteiger partial charge in [-0.15, -0.1) is 0 Å². The zero-order chi connectivity index (χ0) is 12.8. The summed E-state index contributed by atoms with van der Waals surface area (Å²) in [4.78, 5) is 4.45. The van der Waals surface area contributed by atoms with Crippen molar-refractivity contribution in [3.8, 4) is 11.5 Å². The smallest absolute Gasteiger partial charge is 0.226 e. The summed E-state index contributed by atoms with van der Waals surface area (Å²) in [6, 6.07) is 9.81. The number of aliphatic hydroxyl groups excluding tert-OH is 1. The fraction of sp³-hybridized carbons (Fsp3) is 0.400. The highest BCUT2D eigenvalue weighted by Gasteiger charge is 2.35. The fourth-order valence-corrected chi connectivity index (χ4v) is 2.58. The first-order valence-electron chi connectivity index (χ1n) is 6.28. The molecule has 0 aliphatic heterocycles. The van der Waals surface area contributed by atoms with E-state index in [0.717, 1.165) is 24.2 Å². The van der Waals surface area contributed by atoms with Crippen molar-refractivity contribution in [2.24, 2.45) is 5.41 Å². The Morgan fingerprint density at radius 2 is 2.00 bits per heavy atom. The van der Waals surface area contributed by atoms with E-state index in [-0.39, 0.29) is 5.41 Å². The minimum absolute atomic E-state index is 0.0694. The highest BCUT2D eigenvalue weighted by Crippen LogP contribution is 2.41. The highest BCUT2D eigenvalue weighted by molar-refractivity contribution is 5.53. The van der Waals surface area contributed by atoms with Crippen molar-refractivity contribution < 1.29 is 9.52 Å². The van der Waals surface area contributed by atoms with Gasteiger partial charge >= 0.3 is 0 Å². The maximum absolute atomic E-state index is 10.1. The van der Waals surface area contributed by atoms with Crippen LogP contribution in [0.5, 0.6) is 0 Å². The average Bonchev–Trinajstić information content (AvgIpc) is 2.72. The summed E-state index contributed by atoms with van der Waals surface area (Å²) in [6.45, 7) is 4.29. The molecule has 3 nitrogen and oxygen atoms in total. The lowest BCUT2D eigenvalue weighted by Gasteiger charge is -2.30. The normalized spacial score (nSPS) is 21.6. The zero-order valence-electron chi connectivity index (χ0n) is 10.7. The Labute approximate surface area is 106 Å². The van der Waals surface area contributed by atoms with E-state index in [1.807, 2.05) is 30.3 Å². The molecule has 1 aliphatic rings. The topological polar surface area (TPSA) is 46.3 Å². The van der Waals surface area contributed by atoms with Crippen molar-refractivity contribution in [3.05, 3.63) is 41.8 Å². The molecule has 1 aromatic carbocycles. The molecule has 0 bridgehead atoms. The largest absolute Gasteiger partial charge is 0.441 e. The second-order valence-corrected chi connectivity index (χ2v) is 5.75. The second-order valence-electron chi connectivity index (χ2n) is 5.75. The van der Waals surface area contributed by atoms with E-state index in [1.54, 1.807) is 0 Å². The number of benzene rings is 1. The number of rotatable bonds is 1. The molecule has 94 valence electrons. The van der Waals surface area contributed by atoms with E-state index >= 15 is 0 Å². The van der Waals surface area contributed by atoms with Crippen LogP contribution in [0.3, 0.4) is 0 Å². The first kappa shape index (κ1) is 11.5. The number of fused-ring (bicyclic) bond motifs is 1. The van der Waals surface area contributed by atoms with Gasteiger partial charge in [0.25, 0.3) is 0 Å². The predicted molar refractivity (Wildman–Crippen MR) is 69.0 cm³/mol. The van der Waals surface area contributed by atoms with Crippen LogP contribution in [0.1, 0.15) is 37.8 Å². The lowest BCUT2D eigenvalue weighted by molar-refractivity contribution is 0.0905. The number of oxazole rings is 1. The van der Waals surface area contributed by atoms with Gasteiger partial charge in [0, 0.05) is 12.0 Å². The Kier molecular flexibility index (Phi) is 2.52. The maximum Gasteiger partial charge on any atom is 0.226 e. The van der Waals surface area contributed by atoms with E-state index < -0.39 is 6.10 Å². The lowest BCUT2D eigenvalue weighted by Crippen LogP contribution is -2.24. The van der Waals surface area contributed by atoms with E-state index in [9.17, 15) is 5.11 Å².